The number of aliphatic imine (C=N–C) groups is 1. The van der Waals surface area contributed by atoms with Gasteiger partial charge in [0.15, 0.2) is 0 Å². The van der Waals surface area contributed by atoms with E-state index in [1.807, 2.05) is 56.4 Å². The predicted octanol–water partition coefficient (Wildman–Crippen LogP) is 5.50. The molecule has 0 saturated heterocycles. The van der Waals surface area contributed by atoms with E-state index in [9.17, 15) is 22.8 Å². The van der Waals surface area contributed by atoms with Crippen LogP contribution in [-0.4, -0.2) is 40.9 Å². The smallest absolute Gasteiger partial charge is 0.312 e. The van der Waals surface area contributed by atoms with Crippen molar-refractivity contribution < 1.29 is 22.8 Å². The molecule has 1 aliphatic rings. The summed E-state index contributed by atoms with van der Waals surface area (Å²) < 4.78 is 43.9. The van der Waals surface area contributed by atoms with Crippen LogP contribution < -0.4 is 5.32 Å². The highest BCUT2D eigenvalue weighted by Gasteiger charge is 2.67. The summed E-state index contributed by atoms with van der Waals surface area (Å²) in [4.78, 5) is 31.5. The van der Waals surface area contributed by atoms with Crippen molar-refractivity contribution in [3.05, 3.63) is 107 Å². The lowest BCUT2D eigenvalue weighted by Gasteiger charge is -2.29. The minimum atomic E-state index is -5.17. The van der Waals surface area contributed by atoms with Gasteiger partial charge in [0.2, 0.25) is 0 Å². The average molecular weight is 508 g/mol. The summed E-state index contributed by atoms with van der Waals surface area (Å²) in [6, 6.07) is 23.6. The van der Waals surface area contributed by atoms with Gasteiger partial charge in [-0.15, -0.1) is 0 Å². The number of carbonyl (C=O) groups is 2. The third-order valence-corrected chi connectivity index (χ3v) is 6.30. The number of hydrogen-bond donors (Lipinski definition) is 1. The van der Waals surface area contributed by atoms with Crippen LogP contribution in [0.5, 0.6) is 0 Å². The first-order valence-electron chi connectivity index (χ1n) is 11.9. The molecule has 8 heteroatoms. The number of halogens is 3. The van der Waals surface area contributed by atoms with Crippen LogP contribution in [0.3, 0.4) is 0 Å². The maximum absolute atomic E-state index is 14.6. The number of hydrogen-bond acceptors (Lipinski definition) is 3. The standard InChI is InChI=1S/C29H28F3N3O2/c1-27(2,3)23-16-14-22(15-17-23)25(36)34-28(29(30,31)32)26(37)35(19-18-20-10-6-4-7-11-20)24(33-28)21-12-8-5-9-13-21/h4-17H,18-19H2,1-3H3,(H,34,36). The Morgan fingerprint density at radius 2 is 1.46 bits per heavy atom. The van der Waals surface area contributed by atoms with Crippen LogP contribution in [0.4, 0.5) is 13.2 Å². The number of amidine groups is 1. The van der Waals surface area contributed by atoms with Crippen LogP contribution in [0.25, 0.3) is 0 Å². The van der Waals surface area contributed by atoms with Crippen molar-refractivity contribution in [2.45, 2.75) is 44.4 Å². The fourth-order valence-corrected chi connectivity index (χ4v) is 4.15. The fourth-order valence-electron chi connectivity index (χ4n) is 4.15. The largest absolute Gasteiger partial charge is 0.442 e. The van der Waals surface area contributed by atoms with E-state index in [0.717, 1.165) is 16.0 Å². The van der Waals surface area contributed by atoms with Crippen molar-refractivity contribution in [3.8, 4) is 0 Å². The van der Waals surface area contributed by atoms with Gasteiger partial charge in [-0.3, -0.25) is 14.5 Å². The molecule has 37 heavy (non-hydrogen) atoms. The van der Waals surface area contributed by atoms with Crippen LogP contribution in [0.1, 0.15) is 47.8 Å². The zero-order chi connectivity index (χ0) is 26.8. The Balaban J connectivity index is 1.71. The number of nitrogens with zero attached hydrogens (tertiary/aromatic N) is 2. The molecular formula is C29H28F3N3O2. The lowest BCUT2D eigenvalue weighted by Crippen LogP contribution is -2.63. The van der Waals surface area contributed by atoms with Gasteiger partial charge in [0.25, 0.3) is 11.8 Å². The molecule has 0 bridgehead atoms. The quantitative estimate of drug-likeness (QED) is 0.479. The Kier molecular flexibility index (Phi) is 6.95. The summed E-state index contributed by atoms with van der Waals surface area (Å²) in [7, 11) is 0. The highest BCUT2D eigenvalue weighted by Crippen LogP contribution is 2.39. The molecule has 1 N–H and O–H groups in total. The summed E-state index contributed by atoms with van der Waals surface area (Å²) in [6.07, 6.45) is -4.86. The van der Waals surface area contributed by atoms with Gasteiger partial charge < -0.3 is 5.32 Å². The number of rotatable bonds is 6. The normalized spacial score (nSPS) is 18.1. The third kappa shape index (κ3) is 5.28. The van der Waals surface area contributed by atoms with Crippen LogP contribution in [0, 0.1) is 0 Å². The van der Waals surface area contributed by atoms with Crippen molar-refractivity contribution in [3.63, 3.8) is 0 Å². The summed E-state index contributed by atoms with van der Waals surface area (Å²) >= 11 is 0. The molecule has 0 aliphatic carbocycles. The van der Waals surface area contributed by atoms with Crippen LogP contribution >= 0.6 is 0 Å². The summed E-state index contributed by atoms with van der Waals surface area (Å²) in [6.45, 7) is 5.93. The number of alkyl halides is 3. The minimum Gasteiger partial charge on any atom is -0.312 e. The topological polar surface area (TPSA) is 61.8 Å². The van der Waals surface area contributed by atoms with Crippen LogP contribution in [0.2, 0.25) is 0 Å². The monoisotopic (exact) mass is 507 g/mol. The number of amides is 2. The van der Waals surface area contributed by atoms with Crippen molar-refractivity contribution in [2.75, 3.05) is 6.54 Å². The van der Waals surface area contributed by atoms with E-state index in [-0.39, 0.29) is 23.4 Å². The Morgan fingerprint density at radius 1 is 0.892 bits per heavy atom. The maximum Gasteiger partial charge on any atom is 0.442 e. The molecule has 3 aromatic carbocycles. The molecule has 0 fully saturated rings. The Hall–Kier alpha value is -3.94. The average Bonchev–Trinajstić information content (AvgIpc) is 3.15. The second-order valence-corrected chi connectivity index (χ2v) is 9.98. The van der Waals surface area contributed by atoms with Crippen molar-refractivity contribution >= 4 is 17.6 Å². The number of carbonyl (C=O) groups excluding carboxylic acids is 2. The second kappa shape index (κ2) is 9.84. The van der Waals surface area contributed by atoms with Crippen molar-refractivity contribution in [1.29, 1.82) is 0 Å². The number of benzene rings is 3. The molecule has 5 nitrogen and oxygen atoms in total. The van der Waals surface area contributed by atoms with E-state index in [4.69, 9.17) is 0 Å². The zero-order valence-corrected chi connectivity index (χ0v) is 20.8. The third-order valence-electron chi connectivity index (χ3n) is 6.30. The van der Waals surface area contributed by atoms with Gasteiger partial charge in [0.05, 0.1) is 0 Å². The molecule has 4 rings (SSSR count). The van der Waals surface area contributed by atoms with E-state index in [1.165, 1.54) is 12.1 Å². The van der Waals surface area contributed by atoms with Crippen LogP contribution in [0.15, 0.2) is 89.9 Å². The second-order valence-electron chi connectivity index (χ2n) is 9.98. The summed E-state index contributed by atoms with van der Waals surface area (Å²) in [5.74, 6) is -2.51. The Morgan fingerprint density at radius 3 is 2.00 bits per heavy atom. The lowest BCUT2D eigenvalue weighted by atomic mass is 9.86. The SMILES string of the molecule is CC(C)(C)c1ccc(C(=O)NC2(C(F)(F)F)N=C(c3ccccc3)N(CCc3ccccc3)C2=O)cc1. The predicted molar refractivity (Wildman–Crippen MR) is 136 cm³/mol. The van der Waals surface area contributed by atoms with Gasteiger partial charge >= 0.3 is 11.8 Å². The Labute approximate surface area is 214 Å². The van der Waals surface area contributed by atoms with E-state index in [0.29, 0.717) is 12.0 Å². The Bertz CT molecular complexity index is 1300. The molecule has 0 spiro atoms. The van der Waals surface area contributed by atoms with E-state index in [1.54, 1.807) is 42.5 Å². The first kappa shape index (κ1) is 26.1. The zero-order valence-electron chi connectivity index (χ0n) is 20.8. The van der Waals surface area contributed by atoms with E-state index >= 15 is 0 Å². The first-order valence-corrected chi connectivity index (χ1v) is 11.9. The molecular weight excluding hydrogens is 479 g/mol. The van der Waals surface area contributed by atoms with E-state index in [2.05, 4.69) is 4.99 Å². The summed E-state index contributed by atoms with van der Waals surface area (Å²) in [5.41, 5.74) is -1.51. The molecule has 2 amide bonds. The fraction of sp³-hybridized carbons (Fsp3) is 0.276. The van der Waals surface area contributed by atoms with Crippen molar-refractivity contribution in [1.82, 2.24) is 10.2 Å². The van der Waals surface area contributed by atoms with Gasteiger partial charge in [0, 0.05) is 17.7 Å². The molecule has 3 aromatic rings. The minimum absolute atomic E-state index is 0.00335. The van der Waals surface area contributed by atoms with Gasteiger partial charge in [-0.25, -0.2) is 4.99 Å². The van der Waals surface area contributed by atoms with Gasteiger partial charge in [-0.2, -0.15) is 13.2 Å². The molecule has 1 unspecified atom stereocenters. The lowest BCUT2D eigenvalue weighted by molar-refractivity contribution is -0.196. The molecule has 0 aromatic heterocycles. The molecule has 0 radical (unpaired) electrons. The molecule has 0 saturated carbocycles. The summed E-state index contributed by atoms with van der Waals surface area (Å²) in [5, 5.41) is 1.94. The maximum atomic E-state index is 14.6. The van der Waals surface area contributed by atoms with Gasteiger partial charge in [-0.05, 0) is 35.1 Å². The molecule has 1 heterocycles. The highest BCUT2D eigenvalue weighted by atomic mass is 19.4. The van der Waals surface area contributed by atoms with Crippen molar-refractivity contribution in [2.24, 2.45) is 4.99 Å². The molecule has 1 aliphatic heterocycles. The van der Waals surface area contributed by atoms with Crippen LogP contribution in [-0.2, 0) is 16.6 Å². The molecule has 192 valence electrons. The molecule has 1 atom stereocenters. The van der Waals surface area contributed by atoms with E-state index < -0.39 is 23.7 Å². The number of nitrogens with one attached hydrogen (secondary N) is 1. The van der Waals surface area contributed by atoms with Gasteiger partial charge in [-0.1, -0.05) is 93.6 Å². The van der Waals surface area contributed by atoms with Gasteiger partial charge in [0.1, 0.15) is 5.84 Å². The highest BCUT2D eigenvalue weighted by molar-refractivity contribution is 6.16. The first-order chi connectivity index (χ1) is 17.4.